The molecule has 1 saturated carbocycles. The van der Waals surface area contributed by atoms with Crippen LogP contribution in [0.3, 0.4) is 0 Å². The molecule has 198 valence electrons. The van der Waals surface area contributed by atoms with E-state index in [2.05, 4.69) is 0 Å². The molecule has 0 saturated heterocycles. The van der Waals surface area contributed by atoms with Gasteiger partial charge < -0.3 is 14.6 Å². The molecule has 2 aromatic rings. The van der Waals surface area contributed by atoms with Crippen LogP contribution in [0.4, 0.5) is 8.78 Å². The van der Waals surface area contributed by atoms with Crippen LogP contribution in [0.5, 0.6) is 5.75 Å². The molecule has 2 aliphatic rings. The number of sulfone groups is 2. The molecule has 4 rings (SSSR count). The standard InChI is InChI=1S/C24H27ClF2O7S2/c1-15(2)35(29,30)12-11-34-23-13-17(28)9-10-24(23,36(31,32)18-5-3-16(25)4-6-18)21-19(26)7-8-20(27)22(21)33-14-23/h3-8,15,17,28H,9-14H2,1-2H3/t17-,23+,24-/m1/s1. The minimum Gasteiger partial charge on any atom is -0.487 e. The summed E-state index contributed by atoms with van der Waals surface area (Å²) in [5.41, 5.74) is -2.43. The number of halogens is 3. The van der Waals surface area contributed by atoms with E-state index >= 15 is 4.39 Å². The fourth-order valence-corrected chi connectivity index (χ4v) is 8.49. The maximum Gasteiger partial charge on any atom is 0.191 e. The third-order valence-electron chi connectivity index (χ3n) is 7.09. The highest BCUT2D eigenvalue weighted by Gasteiger charge is 2.69. The van der Waals surface area contributed by atoms with Crippen LogP contribution in [0.15, 0.2) is 41.3 Å². The van der Waals surface area contributed by atoms with Gasteiger partial charge in [0.1, 0.15) is 22.8 Å². The molecule has 1 N–H and O–H groups in total. The second kappa shape index (κ2) is 9.50. The van der Waals surface area contributed by atoms with Gasteiger partial charge in [-0.15, -0.1) is 0 Å². The van der Waals surface area contributed by atoms with Gasteiger partial charge in [0.15, 0.2) is 31.2 Å². The number of aliphatic hydroxyl groups is 1. The van der Waals surface area contributed by atoms with Crippen LogP contribution in [-0.4, -0.2) is 57.9 Å². The summed E-state index contributed by atoms with van der Waals surface area (Å²) in [5, 5.41) is 10.2. The molecule has 0 spiro atoms. The number of fused-ring (bicyclic) bond motifs is 3. The topological polar surface area (TPSA) is 107 Å². The summed E-state index contributed by atoms with van der Waals surface area (Å²) in [6, 6.07) is 6.92. The number of rotatable bonds is 7. The van der Waals surface area contributed by atoms with Crippen LogP contribution >= 0.6 is 11.6 Å². The van der Waals surface area contributed by atoms with Crippen molar-refractivity contribution in [2.24, 2.45) is 0 Å². The quantitative estimate of drug-likeness (QED) is 0.545. The van der Waals surface area contributed by atoms with E-state index < -0.39 is 83.3 Å². The summed E-state index contributed by atoms with van der Waals surface area (Å²) in [4.78, 5) is -0.206. The van der Waals surface area contributed by atoms with E-state index in [9.17, 15) is 26.3 Å². The second-order valence-electron chi connectivity index (χ2n) is 9.46. The largest absolute Gasteiger partial charge is 0.487 e. The second-order valence-corrected chi connectivity index (χ2v) is 14.7. The SMILES string of the molecule is CC(C)S(=O)(=O)CCO[C@@]12COc3c(F)ccc(F)c3[C@]1(S(=O)(=O)c1ccc(Cl)cc1)CC[C@@H](O)C2. The van der Waals surface area contributed by atoms with Gasteiger partial charge in [0.25, 0.3) is 0 Å². The van der Waals surface area contributed by atoms with Gasteiger partial charge in [-0.1, -0.05) is 11.6 Å². The van der Waals surface area contributed by atoms with E-state index in [4.69, 9.17) is 21.1 Å². The van der Waals surface area contributed by atoms with Crippen molar-refractivity contribution in [1.29, 1.82) is 0 Å². The number of aliphatic hydroxyl groups excluding tert-OH is 1. The molecule has 1 aliphatic heterocycles. The van der Waals surface area contributed by atoms with E-state index in [1.807, 2.05) is 0 Å². The molecule has 3 atom stereocenters. The Morgan fingerprint density at radius 2 is 1.75 bits per heavy atom. The molecule has 1 fully saturated rings. The monoisotopic (exact) mass is 564 g/mol. The summed E-state index contributed by atoms with van der Waals surface area (Å²) < 4.78 is 93.4. The molecule has 36 heavy (non-hydrogen) atoms. The lowest BCUT2D eigenvalue weighted by Crippen LogP contribution is -2.67. The van der Waals surface area contributed by atoms with Gasteiger partial charge in [-0.2, -0.15) is 0 Å². The van der Waals surface area contributed by atoms with Crippen molar-refractivity contribution in [3.05, 3.63) is 58.6 Å². The van der Waals surface area contributed by atoms with E-state index in [0.717, 1.165) is 12.1 Å². The van der Waals surface area contributed by atoms with Gasteiger partial charge in [0.05, 0.1) is 34.2 Å². The lowest BCUT2D eigenvalue weighted by Gasteiger charge is -2.55. The summed E-state index contributed by atoms with van der Waals surface area (Å²) in [7, 11) is -8.12. The van der Waals surface area contributed by atoms with Crippen molar-refractivity contribution in [3.8, 4) is 5.75 Å². The highest BCUT2D eigenvalue weighted by molar-refractivity contribution is 7.92. The summed E-state index contributed by atoms with van der Waals surface area (Å²) in [6.45, 7) is 2.05. The molecule has 7 nitrogen and oxygen atoms in total. The normalized spacial score (nSPS) is 26.2. The van der Waals surface area contributed by atoms with Gasteiger partial charge in [0.2, 0.25) is 0 Å². The van der Waals surface area contributed by atoms with Gasteiger partial charge in [-0.05, 0) is 63.1 Å². The Kier molecular flexibility index (Phi) is 7.19. The Hall–Kier alpha value is -1.79. The number of benzene rings is 2. The third kappa shape index (κ3) is 4.22. The smallest absolute Gasteiger partial charge is 0.191 e. The van der Waals surface area contributed by atoms with Gasteiger partial charge in [-0.25, -0.2) is 25.6 Å². The van der Waals surface area contributed by atoms with Crippen LogP contribution in [0, 0.1) is 11.6 Å². The van der Waals surface area contributed by atoms with Crippen molar-refractivity contribution in [2.75, 3.05) is 19.0 Å². The van der Waals surface area contributed by atoms with Crippen molar-refractivity contribution in [3.63, 3.8) is 0 Å². The van der Waals surface area contributed by atoms with E-state index in [-0.39, 0.29) is 29.2 Å². The molecule has 1 heterocycles. The zero-order valence-electron chi connectivity index (χ0n) is 19.7. The first-order chi connectivity index (χ1) is 16.8. The van der Waals surface area contributed by atoms with Crippen molar-refractivity contribution in [2.45, 2.75) is 59.7 Å². The Bertz CT molecular complexity index is 1360. The Balaban J connectivity index is 1.96. The summed E-state index contributed by atoms with van der Waals surface area (Å²) in [6.07, 6.45) is -1.69. The fourth-order valence-electron chi connectivity index (χ4n) is 5.15. The van der Waals surface area contributed by atoms with Crippen molar-refractivity contribution >= 4 is 31.3 Å². The van der Waals surface area contributed by atoms with Crippen molar-refractivity contribution < 1.29 is 40.2 Å². The van der Waals surface area contributed by atoms with Gasteiger partial charge in [0, 0.05) is 11.4 Å². The predicted octanol–water partition coefficient (Wildman–Crippen LogP) is 3.80. The Morgan fingerprint density at radius 3 is 2.39 bits per heavy atom. The Labute approximate surface area is 214 Å². The van der Waals surface area contributed by atoms with Crippen LogP contribution in [0.25, 0.3) is 0 Å². The molecule has 2 aromatic carbocycles. The average Bonchev–Trinajstić information content (AvgIpc) is 2.80. The molecule has 0 radical (unpaired) electrons. The molecule has 0 unspecified atom stereocenters. The minimum absolute atomic E-state index is 0.0440. The molecule has 0 aromatic heterocycles. The molecule has 1 aliphatic carbocycles. The van der Waals surface area contributed by atoms with E-state index in [0.29, 0.717) is 0 Å². The highest BCUT2D eigenvalue weighted by Crippen LogP contribution is 2.59. The first-order valence-corrected chi connectivity index (χ1v) is 15.0. The van der Waals surface area contributed by atoms with Crippen LogP contribution in [0.1, 0.15) is 38.7 Å². The van der Waals surface area contributed by atoms with Gasteiger partial charge >= 0.3 is 0 Å². The maximum atomic E-state index is 15.5. The van der Waals surface area contributed by atoms with E-state index in [1.54, 1.807) is 0 Å². The van der Waals surface area contributed by atoms with E-state index in [1.165, 1.54) is 38.1 Å². The van der Waals surface area contributed by atoms with Crippen molar-refractivity contribution in [1.82, 2.24) is 0 Å². The number of hydrogen-bond donors (Lipinski definition) is 1. The molecule has 0 amide bonds. The zero-order valence-corrected chi connectivity index (χ0v) is 22.1. The molecule has 12 heteroatoms. The lowest BCUT2D eigenvalue weighted by molar-refractivity contribution is -0.151. The maximum absolute atomic E-state index is 15.5. The average molecular weight is 565 g/mol. The summed E-state index contributed by atoms with van der Waals surface area (Å²) >= 11 is 5.95. The summed E-state index contributed by atoms with van der Waals surface area (Å²) in [5.74, 6) is -2.93. The third-order valence-corrected chi connectivity index (χ3v) is 12.1. The van der Waals surface area contributed by atoms with Crippen LogP contribution in [-0.2, 0) is 29.2 Å². The first-order valence-electron chi connectivity index (χ1n) is 11.4. The predicted molar refractivity (Wildman–Crippen MR) is 130 cm³/mol. The van der Waals surface area contributed by atoms with Crippen LogP contribution in [0.2, 0.25) is 5.02 Å². The highest BCUT2D eigenvalue weighted by atomic mass is 35.5. The minimum atomic E-state index is -4.55. The molecular weight excluding hydrogens is 538 g/mol. The molecular formula is C24H27ClF2O7S2. The van der Waals surface area contributed by atoms with Crippen LogP contribution < -0.4 is 4.74 Å². The fraction of sp³-hybridized carbons (Fsp3) is 0.500. The lowest BCUT2D eigenvalue weighted by atomic mass is 9.68. The van der Waals surface area contributed by atoms with Gasteiger partial charge in [-0.3, -0.25) is 0 Å². The number of hydrogen-bond acceptors (Lipinski definition) is 7. The zero-order chi connectivity index (χ0) is 26.5. The first kappa shape index (κ1) is 27.3. The Morgan fingerprint density at radius 1 is 1.11 bits per heavy atom. The number of ether oxygens (including phenoxy) is 2. The molecule has 0 bridgehead atoms.